The van der Waals surface area contributed by atoms with Crippen LogP contribution < -0.4 is 4.80 Å². The van der Waals surface area contributed by atoms with Crippen LogP contribution in [0.3, 0.4) is 0 Å². The average molecular weight is 461 g/mol. The van der Waals surface area contributed by atoms with Gasteiger partial charge in [-0.1, -0.05) is 29.0 Å². The van der Waals surface area contributed by atoms with Crippen molar-refractivity contribution in [2.45, 2.75) is 38.1 Å². The number of aryl methyl sites for hydroxylation is 2. The van der Waals surface area contributed by atoms with E-state index in [2.05, 4.69) is 4.99 Å². The van der Waals surface area contributed by atoms with E-state index in [4.69, 9.17) is 4.74 Å². The summed E-state index contributed by atoms with van der Waals surface area (Å²) in [6.07, 6.45) is 0.235. The van der Waals surface area contributed by atoms with Crippen LogP contribution >= 0.6 is 11.3 Å². The zero-order chi connectivity index (χ0) is 22.6. The van der Waals surface area contributed by atoms with Crippen molar-refractivity contribution in [1.82, 2.24) is 4.57 Å². The van der Waals surface area contributed by atoms with Gasteiger partial charge in [0.15, 0.2) is 14.6 Å². The minimum atomic E-state index is -3.43. The number of hydrogen-bond acceptors (Lipinski definition) is 6. The van der Waals surface area contributed by atoms with Gasteiger partial charge in [0.1, 0.15) is 0 Å². The maximum Gasteiger partial charge on any atom is 0.337 e. The minimum Gasteiger partial charge on any atom is -0.465 e. The van der Waals surface area contributed by atoms with Crippen molar-refractivity contribution < 1.29 is 22.7 Å². The summed E-state index contributed by atoms with van der Waals surface area (Å²) < 4.78 is 32.3. The van der Waals surface area contributed by atoms with E-state index >= 15 is 0 Å². The number of rotatable bonds is 7. The van der Waals surface area contributed by atoms with Crippen molar-refractivity contribution in [3.8, 4) is 0 Å². The third kappa shape index (κ3) is 5.29. The summed E-state index contributed by atoms with van der Waals surface area (Å²) in [5.41, 5.74) is 2.28. The van der Waals surface area contributed by atoms with Gasteiger partial charge in [-0.05, 0) is 50.6 Å². The lowest BCUT2D eigenvalue weighted by molar-refractivity contribution is -0.118. The molecular weight excluding hydrogens is 436 g/mol. The quantitative estimate of drug-likeness (QED) is 0.503. The first kappa shape index (κ1) is 22.9. The number of benzene rings is 2. The number of hydrogen-bond donors (Lipinski definition) is 0. The Morgan fingerprint density at radius 3 is 2.48 bits per heavy atom. The third-order valence-corrected chi connectivity index (χ3v) is 7.68. The van der Waals surface area contributed by atoms with E-state index in [-0.39, 0.29) is 29.4 Å². The number of fused-ring (bicyclic) bond motifs is 1. The Hall–Kier alpha value is -2.78. The lowest BCUT2D eigenvalue weighted by Crippen LogP contribution is -2.16. The maximum atomic E-state index is 12.4. The number of aromatic nitrogens is 1. The molecule has 0 atom stereocenters. The Morgan fingerprint density at radius 1 is 1.13 bits per heavy atom. The number of esters is 1. The molecule has 1 heterocycles. The van der Waals surface area contributed by atoms with Crippen LogP contribution in [-0.4, -0.2) is 37.7 Å². The van der Waals surface area contributed by atoms with E-state index in [1.54, 1.807) is 42.5 Å². The summed E-state index contributed by atoms with van der Waals surface area (Å²) in [5.74, 6) is -0.913. The monoisotopic (exact) mass is 460 g/mol. The lowest BCUT2D eigenvalue weighted by atomic mass is 10.2. The minimum absolute atomic E-state index is 0.0382. The van der Waals surface area contributed by atoms with Gasteiger partial charge in [0.2, 0.25) is 5.91 Å². The van der Waals surface area contributed by atoms with Crippen LogP contribution in [0.2, 0.25) is 0 Å². The van der Waals surface area contributed by atoms with Crippen molar-refractivity contribution >= 4 is 43.3 Å². The Labute approximate surface area is 184 Å². The van der Waals surface area contributed by atoms with E-state index in [0.29, 0.717) is 16.9 Å². The molecule has 0 aliphatic carbocycles. The van der Waals surface area contributed by atoms with Crippen LogP contribution in [0.25, 0.3) is 10.2 Å². The highest BCUT2D eigenvalue weighted by Crippen LogP contribution is 2.20. The number of ether oxygens (including phenoxy) is 1. The number of sulfone groups is 1. The molecule has 0 N–H and O–H groups in total. The molecule has 0 unspecified atom stereocenters. The Kier molecular flexibility index (Phi) is 7.07. The molecule has 0 saturated carbocycles. The van der Waals surface area contributed by atoms with Crippen LogP contribution in [0.15, 0.2) is 52.4 Å². The molecule has 0 spiro atoms. The highest BCUT2D eigenvalue weighted by molar-refractivity contribution is 7.91. The van der Waals surface area contributed by atoms with Gasteiger partial charge in [0.05, 0.1) is 33.5 Å². The summed E-state index contributed by atoms with van der Waals surface area (Å²) >= 11 is 1.31. The predicted octanol–water partition coefficient (Wildman–Crippen LogP) is 3.50. The van der Waals surface area contributed by atoms with Gasteiger partial charge in [0, 0.05) is 13.0 Å². The SMILES string of the molecule is CCn1c(=NC(=O)CCCS(=O)(=O)c2ccc(C)cc2)sc2cc(C(=O)OC)ccc21. The van der Waals surface area contributed by atoms with Crippen LogP contribution in [0.1, 0.15) is 35.7 Å². The molecule has 0 bridgehead atoms. The molecular formula is C22H24N2O5S2. The molecule has 1 aromatic heterocycles. The van der Waals surface area contributed by atoms with Crippen LogP contribution in [0, 0.1) is 6.92 Å². The summed E-state index contributed by atoms with van der Waals surface area (Å²) in [6, 6.07) is 11.9. The number of carbonyl (C=O) groups is 2. The summed E-state index contributed by atoms with van der Waals surface area (Å²) in [4.78, 5) is 29.1. The molecule has 3 aromatic rings. The normalized spacial score (nSPS) is 12.3. The van der Waals surface area contributed by atoms with Gasteiger partial charge < -0.3 is 9.30 Å². The smallest absolute Gasteiger partial charge is 0.337 e. The molecule has 9 heteroatoms. The molecule has 2 aromatic carbocycles. The highest BCUT2D eigenvalue weighted by Gasteiger charge is 2.15. The molecule has 164 valence electrons. The first-order valence-electron chi connectivity index (χ1n) is 9.84. The second-order valence-electron chi connectivity index (χ2n) is 7.04. The number of carbonyl (C=O) groups excluding carboxylic acids is 2. The van der Waals surface area contributed by atoms with Gasteiger partial charge in [-0.15, -0.1) is 0 Å². The van der Waals surface area contributed by atoms with Crippen molar-refractivity contribution in [3.63, 3.8) is 0 Å². The van der Waals surface area contributed by atoms with E-state index in [1.807, 2.05) is 18.4 Å². The van der Waals surface area contributed by atoms with E-state index < -0.39 is 15.8 Å². The second-order valence-corrected chi connectivity index (χ2v) is 10.2. The van der Waals surface area contributed by atoms with Crippen LogP contribution in [0.5, 0.6) is 0 Å². The lowest BCUT2D eigenvalue weighted by Gasteiger charge is -2.04. The topological polar surface area (TPSA) is 94.8 Å². The first-order valence-corrected chi connectivity index (χ1v) is 12.3. The maximum absolute atomic E-state index is 12.4. The molecule has 7 nitrogen and oxygen atoms in total. The van der Waals surface area contributed by atoms with Gasteiger partial charge in [0.25, 0.3) is 0 Å². The van der Waals surface area contributed by atoms with Gasteiger partial charge in [-0.3, -0.25) is 4.79 Å². The molecule has 0 aliphatic rings. The predicted molar refractivity (Wildman–Crippen MR) is 120 cm³/mol. The van der Waals surface area contributed by atoms with Gasteiger partial charge >= 0.3 is 5.97 Å². The zero-order valence-corrected chi connectivity index (χ0v) is 19.3. The number of nitrogens with zero attached hydrogens (tertiary/aromatic N) is 2. The fourth-order valence-electron chi connectivity index (χ4n) is 3.15. The first-order chi connectivity index (χ1) is 14.7. The van der Waals surface area contributed by atoms with E-state index in [0.717, 1.165) is 15.8 Å². The number of methoxy groups -OCH3 is 1. The van der Waals surface area contributed by atoms with Crippen LogP contribution in [-0.2, 0) is 25.9 Å². The van der Waals surface area contributed by atoms with E-state index in [1.165, 1.54) is 18.4 Å². The number of amides is 1. The van der Waals surface area contributed by atoms with Crippen molar-refractivity contribution in [2.75, 3.05) is 12.9 Å². The molecule has 0 aliphatic heterocycles. The van der Waals surface area contributed by atoms with Crippen molar-refractivity contribution in [2.24, 2.45) is 4.99 Å². The molecule has 3 rings (SSSR count). The molecule has 31 heavy (non-hydrogen) atoms. The van der Waals surface area contributed by atoms with Gasteiger partial charge in [-0.2, -0.15) is 4.99 Å². The van der Waals surface area contributed by atoms with E-state index in [9.17, 15) is 18.0 Å². The van der Waals surface area contributed by atoms with Crippen molar-refractivity contribution in [1.29, 1.82) is 0 Å². The second kappa shape index (κ2) is 9.57. The zero-order valence-electron chi connectivity index (χ0n) is 17.6. The van der Waals surface area contributed by atoms with Crippen LogP contribution in [0.4, 0.5) is 0 Å². The number of thiazole rings is 1. The summed E-state index contributed by atoms with van der Waals surface area (Å²) in [7, 11) is -2.11. The summed E-state index contributed by atoms with van der Waals surface area (Å²) in [6.45, 7) is 4.44. The Balaban J connectivity index is 1.75. The standard InChI is InChI=1S/C22H24N2O5S2/c1-4-24-18-12-9-16(21(26)29-3)14-19(18)30-22(24)23-20(25)6-5-13-31(27,28)17-10-7-15(2)8-11-17/h7-12,14H,4-6,13H2,1-3H3. The van der Waals surface area contributed by atoms with Crippen molar-refractivity contribution in [3.05, 3.63) is 58.4 Å². The fourth-order valence-corrected chi connectivity index (χ4v) is 5.61. The molecule has 1 amide bonds. The molecule has 0 radical (unpaired) electrons. The third-order valence-electron chi connectivity index (χ3n) is 4.82. The molecule has 0 fully saturated rings. The fraction of sp³-hybridized carbons (Fsp3) is 0.318. The largest absolute Gasteiger partial charge is 0.465 e. The Morgan fingerprint density at radius 2 is 1.84 bits per heavy atom. The summed E-state index contributed by atoms with van der Waals surface area (Å²) in [5, 5.41) is 0. The molecule has 0 saturated heterocycles. The Bertz CT molecular complexity index is 1290. The van der Waals surface area contributed by atoms with Gasteiger partial charge in [-0.25, -0.2) is 13.2 Å². The highest BCUT2D eigenvalue weighted by atomic mass is 32.2. The average Bonchev–Trinajstić information content (AvgIpc) is 3.09.